The molecule has 0 aromatic heterocycles. The fourth-order valence-electron chi connectivity index (χ4n) is 0.990. The van der Waals surface area contributed by atoms with E-state index in [0.717, 1.165) is 12.1 Å². The summed E-state index contributed by atoms with van der Waals surface area (Å²) in [4.78, 5) is 20.2. The maximum Gasteiger partial charge on any atom is 0.283 e. The third-order valence-corrected chi connectivity index (χ3v) is 1.65. The van der Waals surface area contributed by atoms with Gasteiger partial charge in [-0.15, -0.1) is 0 Å². The lowest BCUT2D eigenvalue weighted by Gasteiger charge is -2.03. The number of hydrogen-bond donors (Lipinski definition) is 1. The summed E-state index contributed by atoms with van der Waals surface area (Å²) in [6, 6.07) is 1.99. The minimum absolute atomic E-state index is 0.0395. The Hall–Kier alpha value is -2.11. The Balaban J connectivity index is 3.39. The van der Waals surface area contributed by atoms with Crippen molar-refractivity contribution in [3.8, 4) is 11.5 Å². The van der Waals surface area contributed by atoms with Gasteiger partial charge in [-0.1, -0.05) is 0 Å². The number of aldehydes is 1. The highest BCUT2D eigenvalue weighted by Gasteiger charge is 2.17. The zero-order valence-electron chi connectivity index (χ0n) is 7.26. The second kappa shape index (κ2) is 3.73. The molecular formula is C8H7NO5. The van der Waals surface area contributed by atoms with Crippen LogP contribution in [-0.4, -0.2) is 23.4 Å². The molecule has 74 valence electrons. The number of aromatic hydroxyl groups is 1. The summed E-state index contributed by atoms with van der Waals surface area (Å²) in [6.07, 6.45) is 0.303. The highest BCUT2D eigenvalue weighted by molar-refractivity contribution is 5.83. The molecule has 1 aromatic rings. The van der Waals surface area contributed by atoms with Gasteiger partial charge in [-0.25, -0.2) is 0 Å². The minimum Gasteiger partial charge on any atom is -0.504 e. The average Bonchev–Trinajstić information content (AvgIpc) is 2.16. The SMILES string of the molecule is COc1cc([N+](=O)[O-])c(C=O)cc1O. The van der Waals surface area contributed by atoms with Gasteiger partial charge in [-0.05, 0) is 0 Å². The molecule has 6 nitrogen and oxygen atoms in total. The summed E-state index contributed by atoms with van der Waals surface area (Å²) in [7, 11) is 1.26. The van der Waals surface area contributed by atoms with Crippen LogP contribution in [0, 0.1) is 10.1 Å². The molecule has 0 aliphatic heterocycles. The lowest BCUT2D eigenvalue weighted by molar-refractivity contribution is -0.385. The normalized spacial score (nSPS) is 9.50. The number of phenolic OH excluding ortho intramolecular Hbond substituents is 1. The number of methoxy groups -OCH3 is 1. The molecule has 0 atom stereocenters. The first-order valence-corrected chi connectivity index (χ1v) is 3.60. The zero-order valence-corrected chi connectivity index (χ0v) is 7.26. The molecule has 1 N–H and O–H groups in total. The van der Waals surface area contributed by atoms with E-state index >= 15 is 0 Å². The third kappa shape index (κ3) is 1.63. The van der Waals surface area contributed by atoms with Gasteiger partial charge in [0, 0.05) is 6.07 Å². The molecule has 0 bridgehead atoms. The smallest absolute Gasteiger partial charge is 0.283 e. The van der Waals surface area contributed by atoms with Crippen molar-refractivity contribution in [2.24, 2.45) is 0 Å². The average molecular weight is 197 g/mol. The van der Waals surface area contributed by atoms with Crippen molar-refractivity contribution in [2.75, 3.05) is 7.11 Å². The van der Waals surface area contributed by atoms with Gasteiger partial charge in [0.05, 0.1) is 23.7 Å². The number of nitrogens with zero attached hydrogens (tertiary/aromatic N) is 1. The van der Waals surface area contributed by atoms with Crippen LogP contribution < -0.4 is 4.74 Å². The number of hydrogen-bond acceptors (Lipinski definition) is 5. The Bertz CT molecular complexity index is 388. The first kappa shape index (κ1) is 9.97. The summed E-state index contributed by atoms with van der Waals surface area (Å²) < 4.78 is 4.66. The number of rotatable bonds is 3. The molecule has 6 heteroatoms. The van der Waals surface area contributed by atoms with E-state index in [1.165, 1.54) is 7.11 Å². The summed E-state index contributed by atoms with van der Waals surface area (Å²) in [5.41, 5.74) is -0.581. The highest BCUT2D eigenvalue weighted by atomic mass is 16.6. The van der Waals surface area contributed by atoms with Crippen molar-refractivity contribution in [3.05, 3.63) is 27.8 Å². The zero-order chi connectivity index (χ0) is 10.7. The lowest BCUT2D eigenvalue weighted by Crippen LogP contribution is -1.95. The Labute approximate surface area is 78.9 Å². The second-order valence-electron chi connectivity index (χ2n) is 2.46. The largest absolute Gasteiger partial charge is 0.504 e. The molecule has 0 saturated carbocycles. The van der Waals surface area contributed by atoms with Crippen molar-refractivity contribution in [1.82, 2.24) is 0 Å². The molecular weight excluding hydrogens is 190 g/mol. The van der Waals surface area contributed by atoms with E-state index in [9.17, 15) is 20.0 Å². The van der Waals surface area contributed by atoms with Crippen molar-refractivity contribution in [2.45, 2.75) is 0 Å². The van der Waals surface area contributed by atoms with E-state index < -0.39 is 10.6 Å². The van der Waals surface area contributed by atoms with Crippen LogP contribution in [0.1, 0.15) is 10.4 Å². The maximum absolute atomic E-state index is 10.5. The monoisotopic (exact) mass is 197 g/mol. The number of benzene rings is 1. The van der Waals surface area contributed by atoms with E-state index in [2.05, 4.69) is 4.74 Å². The number of carbonyl (C=O) groups excluding carboxylic acids is 1. The summed E-state index contributed by atoms with van der Waals surface area (Å²) >= 11 is 0. The number of nitro groups is 1. The molecule has 0 unspecified atom stereocenters. The molecule has 0 aliphatic carbocycles. The van der Waals surface area contributed by atoms with Crippen molar-refractivity contribution < 1.29 is 19.6 Å². The Morgan fingerprint density at radius 3 is 2.64 bits per heavy atom. The summed E-state index contributed by atoms with van der Waals surface area (Å²) in [6.45, 7) is 0. The van der Waals surface area contributed by atoms with Crippen LogP contribution in [0.4, 0.5) is 5.69 Å². The number of ether oxygens (including phenoxy) is 1. The molecule has 0 fully saturated rings. The third-order valence-electron chi connectivity index (χ3n) is 1.65. The second-order valence-corrected chi connectivity index (χ2v) is 2.46. The van der Waals surface area contributed by atoms with Crippen LogP contribution in [-0.2, 0) is 0 Å². The van der Waals surface area contributed by atoms with Crippen LogP contribution in [0.2, 0.25) is 0 Å². The van der Waals surface area contributed by atoms with Gasteiger partial charge in [0.15, 0.2) is 17.8 Å². The Morgan fingerprint density at radius 2 is 2.21 bits per heavy atom. The van der Waals surface area contributed by atoms with Gasteiger partial charge in [0.25, 0.3) is 5.69 Å². The van der Waals surface area contributed by atoms with Crippen LogP contribution in [0.25, 0.3) is 0 Å². The van der Waals surface area contributed by atoms with Crippen LogP contribution in [0.3, 0.4) is 0 Å². The van der Waals surface area contributed by atoms with Gasteiger partial charge in [-0.2, -0.15) is 0 Å². The van der Waals surface area contributed by atoms with Gasteiger partial charge >= 0.3 is 0 Å². The van der Waals surface area contributed by atoms with Crippen molar-refractivity contribution >= 4 is 12.0 Å². The topological polar surface area (TPSA) is 89.7 Å². The number of nitro benzene ring substituents is 1. The van der Waals surface area contributed by atoms with Gasteiger partial charge in [0.1, 0.15) is 0 Å². The molecule has 0 heterocycles. The molecule has 1 aromatic carbocycles. The highest BCUT2D eigenvalue weighted by Crippen LogP contribution is 2.32. The first-order valence-electron chi connectivity index (χ1n) is 3.60. The quantitative estimate of drug-likeness (QED) is 0.445. The molecule has 0 radical (unpaired) electrons. The van der Waals surface area contributed by atoms with Crippen LogP contribution >= 0.6 is 0 Å². The number of carbonyl (C=O) groups is 1. The molecule has 0 spiro atoms. The molecule has 0 aliphatic rings. The number of phenols is 1. The molecule has 0 amide bonds. The van der Waals surface area contributed by atoms with Crippen molar-refractivity contribution in [3.63, 3.8) is 0 Å². The van der Waals surface area contributed by atoms with Crippen molar-refractivity contribution in [1.29, 1.82) is 0 Å². The predicted molar refractivity (Wildman–Crippen MR) is 46.7 cm³/mol. The van der Waals surface area contributed by atoms with E-state index in [1.807, 2.05) is 0 Å². The van der Waals surface area contributed by atoms with Gasteiger partial charge in [-0.3, -0.25) is 14.9 Å². The summed E-state index contributed by atoms with van der Waals surface area (Å²) in [5.74, 6) is -0.345. The van der Waals surface area contributed by atoms with E-state index in [4.69, 9.17) is 0 Å². The van der Waals surface area contributed by atoms with Gasteiger partial charge in [0.2, 0.25) is 0 Å². The Morgan fingerprint density at radius 1 is 1.57 bits per heavy atom. The minimum atomic E-state index is -0.717. The van der Waals surface area contributed by atoms with E-state index in [0.29, 0.717) is 6.29 Å². The maximum atomic E-state index is 10.5. The fourth-order valence-corrected chi connectivity index (χ4v) is 0.990. The lowest BCUT2D eigenvalue weighted by atomic mass is 10.2. The Kier molecular flexibility index (Phi) is 2.66. The first-order chi connectivity index (χ1) is 6.60. The van der Waals surface area contributed by atoms with Crippen LogP contribution in [0.5, 0.6) is 11.5 Å². The fraction of sp³-hybridized carbons (Fsp3) is 0.125. The van der Waals surface area contributed by atoms with E-state index in [1.54, 1.807) is 0 Å². The molecule has 14 heavy (non-hydrogen) atoms. The van der Waals surface area contributed by atoms with E-state index in [-0.39, 0.29) is 17.1 Å². The summed E-state index contributed by atoms with van der Waals surface area (Å²) in [5, 5.41) is 19.7. The van der Waals surface area contributed by atoms with Crippen LogP contribution in [0.15, 0.2) is 12.1 Å². The molecule has 1 rings (SSSR count). The standard InChI is InChI=1S/C8H7NO5/c1-14-8-3-6(9(12)13)5(4-10)2-7(8)11/h2-4,11H,1H3. The predicted octanol–water partition coefficient (Wildman–Crippen LogP) is 1.12. The molecule has 0 saturated heterocycles. The van der Waals surface area contributed by atoms with Gasteiger partial charge < -0.3 is 9.84 Å².